The zero-order valence-electron chi connectivity index (χ0n) is 16.4. The summed E-state index contributed by atoms with van der Waals surface area (Å²) < 4.78 is 5.16. The second kappa shape index (κ2) is 8.46. The highest BCUT2D eigenvalue weighted by atomic mass is 16.5. The van der Waals surface area contributed by atoms with Crippen LogP contribution in [0.4, 0.5) is 11.6 Å². The number of benzene rings is 1. The minimum atomic E-state index is 0.0637. The zero-order valence-corrected chi connectivity index (χ0v) is 16.4. The second-order valence-electron chi connectivity index (χ2n) is 7.31. The van der Waals surface area contributed by atoms with E-state index in [0.29, 0.717) is 18.7 Å². The Morgan fingerprint density at radius 2 is 1.36 bits per heavy atom. The maximum atomic E-state index is 12.7. The molecule has 0 saturated carbocycles. The molecule has 0 aliphatic carbocycles. The summed E-state index contributed by atoms with van der Waals surface area (Å²) in [5.74, 6) is 2.68. The molecule has 1 aromatic carbocycles. The van der Waals surface area contributed by atoms with Gasteiger partial charge in [-0.3, -0.25) is 4.79 Å². The summed E-state index contributed by atoms with van der Waals surface area (Å²) in [5, 5.41) is 8.88. The van der Waals surface area contributed by atoms with E-state index in [4.69, 9.17) is 4.74 Å². The van der Waals surface area contributed by atoms with Crippen molar-refractivity contribution < 1.29 is 9.53 Å². The fourth-order valence-electron chi connectivity index (χ4n) is 3.83. The lowest BCUT2D eigenvalue weighted by molar-refractivity contribution is 0.0746. The van der Waals surface area contributed by atoms with Crippen LogP contribution in [0.15, 0.2) is 36.4 Å². The molecule has 0 N–H and O–H groups in total. The molecule has 7 heteroatoms. The molecule has 1 aromatic heterocycles. The van der Waals surface area contributed by atoms with Gasteiger partial charge in [-0.05, 0) is 55.7 Å². The van der Waals surface area contributed by atoms with Gasteiger partial charge in [0.2, 0.25) is 0 Å². The Balaban J connectivity index is 1.33. The number of amides is 1. The highest BCUT2D eigenvalue weighted by Crippen LogP contribution is 2.20. The first kappa shape index (κ1) is 18.5. The quantitative estimate of drug-likeness (QED) is 0.811. The predicted octanol–water partition coefficient (Wildman–Crippen LogP) is 2.44. The molecule has 2 fully saturated rings. The van der Waals surface area contributed by atoms with Crippen LogP contribution in [0.2, 0.25) is 0 Å². The van der Waals surface area contributed by atoms with Gasteiger partial charge in [0.15, 0.2) is 11.6 Å². The van der Waals surface area contributed by atoms with E-state index in [1.54, 1.807) is 7.11 Å². The number of hydrogen-bond acceptors (Lipinski definition) is 6. The second-order valence-corrected chi connectivity index (χ2v) is 7.31. The lowest BCUT2D eigenvalue weighted by Gasteiger charge is -2.35. The highest BCUT2D eigenvalue weighted by Gasteiger charge is 2.23. The van der Waals surface area contributed by atoms with E-state index in [2.05, 4.69) is 32.1 Å². The number of carbonyl (C=O) groups excluding carboxylic acids is 1. The number of aromatic nitrogens is 2. The smallest absolute Gasteiger partial charge is 0.253 e. The molecule has 2 aromatic rings. The average molecular weight is 381 g/mol. The summed E-state index contributed by atoms with van der Waals surface area (Å²) >= 11 is 0. The third-order valence-electron chi connectivity index (χ3n) is 5.54. The Labute approximate surface area is 165 Å². The van der Waals surface area contributed by atoms with Crippen LogP contribution in [0.5, 0.6) is 5.75 Å². The largest absolute Gasteiger partial charge is 0.497 e. The van der Waals surface area contributed by atoms with Crippen LogP contribution in [-0.4, -0.2) is 67.4 Å². The number of nitrogens with zero attached hydrogens (tertiary/aromatic N) is 5. The zero-order chi connectivity index (χ0) is 19.3. The van der Waals surface area contributed by atoms with Crippen molar-refractivity contribution in [1.82, 2.24) is 15.1 Å². The average Bonchev–Trinajstić information content (AvgIpc) is 2.79. The molecular weight excluding hydrogens is 354 g/mol. The van der Waals surface area contributed by atoms with E-state index < -0.39 is 0 Å². The summed E-state index contributed by atoms with van der Waals surface area (Å²) in [7, 11) is 1.62. The summed E-state index contributed by atoms with van der Waals surface area (Å²) in [6, 6.07) is 11.4. The molecule has 4 rings (SSSR count). The molecule has 148 valence electrons. The number of anilines is 2. The SMILES string of the molecule is COc1ccc(C(=O)N2CCN(c3ccc(N4CCCCC4)nn3)CC2)cc1. The predicted molar refractivity (Wildman–Crippen MR) is 109 cm³/mol. The Kier molecular flexibility index (Phi) is 5.60. The monoisotopic (exact) mass is 381 g/mol. The first-order valence-corrected chi connectivity index (χ1v) is 10.0. The summed E-state index contributed by atoms with van der Waals surface area (Å²) in [4.78, 5) is 19.1. The van der Waals surface area contributed by atoms with Gasteiger partial charge in [-0.2, -0.15) is 0 Å². The number of methoxy groups -OCH3 is 1. The molecule has 7 nitrogen and oxygen atoms in total. The van der Waals surface area contributed by atoms with Gasteiger partial charge in [0, 0.05) is 44.8 Å². The van der Waals surface area contributed by atoms with E-state index in [1.807, 2.05) is 29.2 Å². The van der Waals surface area contributed by atoms with Gasteiger partial charge < -0.3 is 19.4 Å². The minimum absolute atomic E-state index is 0.0637. The number of carbonyl (C=O) groups is 1. The Morgan fingerprint density at radius 1 is 0.786 bits per heavy atom. The van der Waals surface area contributed by atoms with Gasteiger partial charge in [0.1, 0.15) is 5.75 Å². The van der Waals surface area contributed by atoms with E-state index in [1.165, 1.54) is 19.3 Å². The number of hydrogen-bond donors (Lipinski definition) is 0. The maximum Gasteiger partial charge on any atom is 0.253 e. The van der Waals surface area contributed by atoms with E-state index >= 15 is 0 Å². The standard InChI is InChI=1S/C21H27N5O2/c1-28-18-7-5-17(6-8-18)21(27)26-15-13-25(14-16-26)20-10-9-19(22-23-20)24-11-3-2-4-12-24/h5-10H,2-4,11-16H2,1H3. The topological polar surface area (TPSA) is 61.8 Å². The van der Waals surface area contributed by atoms with Gasteiger partial charge in [-0.15, -0.1) is 10.2 Å². The van der Waals surface area contributed by atoms with E-state index in [0.717, 1.165) is 43.6 Å². The van der Waals surface area contributed by atoms with Crippen molar-refractivity contribution in [3.05, 3.63) is 42.0 Å². The lowest BCUT2D eigenvalue weighted by atomic mass is 10.1. The first-order chi connectivity index (χ1) is 13.7. The molecule has 0 atom stereocenters. The van der Waals surface area contributed by atoms with Crippen LogP contribution in [0.3, 0.4) is 0 Å². The molecule has 2 aliphatic rings. The van der Waals surface area contributed by atoms with Gasteiger partial charge >= 0.3 is 0 Å². The number of piperidine rings is 1. The molecule has 2 saturated heterocycles. The van der Waals surface area contributed by atoms with E-state index in [9.17, 15) is 4.79 Å². The molecule has 1 amide bonds. The van der Waals surface area contributed by atoms with Crippen LogP contribution in [0.25, 0.3) is 0 Å². The maximum absolute atomic E-state index is 12.7. The molecule has 0 spiro atoms. The van der Waals surface area contributed by atoms with Crippen molar-refractivity contribution in [1.29, 1.82) is 0 Å². The number of piperazine rings is 1. The molecule has 28 heavy (non-hydrogen) atoms. The molecular formula is C21H27N5O2. The highest BCUT2D eigenvalue weighted by molar-refractivity contribution is 5.94. The van der Waals surface area contributed by atoms with Crippen LogP contribution in [0, 0.1) is 0 Å². The van der Waals surface area contributed by atoms with E-state index in [-0.39, 0.29) is 5.91 Å². The molecule has 2 aliphatic heterocycles. The van der Waals surface area contributed by atoms with Gasteiger partial charge in [-0.25, -0.2) is 0 Å². The molecule has 0 radical (unpaired) electrons. The minimum Gasteiger partial charge on any atom is -0.497 e. The van der Waals surface area contributed by atoms with Gasteiger partial charge in [0.25, 0.3) is 5.91 Å². The van der Waals surface area contributed by atoms with Crippen molar-refractivity contribution in [2.45, 2.75) is 19.3 Å². The first-order valence-electron chi connectivity index (χ1n) is 10.0. The summed E-state index contributed by atoms with van der Waals surface area (Å²) in [6.45, 7) is 5.03. The molecule has 0 unspecified atom stereocenters. The molecule has 3 heterocycles. The Bertz CT molecular complexity index is 779. The van der Waals surface area contributed by atoms with Crippen molar-refractivity contribution in [3.8, 4) is 5.75 Å². The van der Waals surface area contributed by atoms with Crippen LogP contribution >= 0.6 is 0 Å². The van der Waals surface area contributed by atoms with Crippen molar-refractivity contribution in [2.24, 2.45) is 0 Å². The van der Waals surface area contributed by atoms with Crippen LogP contribution in [0.1, 0.15) is 29.6 Å². The fraction of sp³-hybridized carbons (Fsp3) is 0.476. The van der Waals surface area contributed by atoms with Crippen LogP contribution < -0.4 is 14.5 Å². The van der Waals surface area contributed by atoms with Crippen LogP contribution in [-0.2, 0) is 0 Å². The Morgan fingerprint density at radius 3 is 1.89 bits per heavy atom. The number of ether oxygens (including phenoxy) is 1. The molecule has 0 bridgehead atoms. The summed E-state index contributed by atoms with van der Waals surface area (Å²) in [5.41, 5.74) is 0.694. The summed E-state index contributed by atoms with van der Waals surface area (Å²) in [6.07, 6.45) is 3.77. The van der Waals surface area contributed by atoms with Gasteiger partial charge in [0.05, 0.1) is 7.11 Å². The Hall–Kier alpha value is -2.83. The third-order valence-corrected chi connectivity index (χ3v) is 5.54. The van der Waals surface area contributed by atoms with Crippen molar-refractivity contribution >= 4 is 17.5 Å². The third kappa shape index (κ3) is 4.03. The van der Waals surface area contributed by atoms with Crippen molar-refractivity contribution in [3.63, 3.8) is 0 Å². The number of rotatable bonds is 4. The van der Waals surface area contributed by atoms with Gasteiger partial charge in [-0.1, -0.05) is 0 Å². The lowest BCUT2D eigenvalue weighted by Crippen LogP contribution is -2.49. The van der Waals surface area contributed by atoms with Crippen molar-refractivity contribution in [2.75, 3.05) is 56.2 Å². The normalized spacial score (nSPS) is 17.5. The fourth-order valence-corrected chi connectivity index (χ4v) is 3.83.